The van der Waals surface area contributed by atoms with Gasteiger partial charge < -0.3 is 10.8 Å². The van der Waals surface area contributed by atoms with Crippen LogP contribution in [0.25, 0.3) is 5.57 Å². The lowest BCUT2D eigenvalue weighted by Gasteiger charge is -2.07. The molecule has 1 aromatic carbocycles. The summed E-state index contributed by atoms with van der Waals surface area (Å²) in [5.41, 5.74) is 7.27. The Balaban J connectivity index is 3.01. The summed E-state index contributed by atoms with van der Waals surface area (Å²) in [6, 6.07) is 5.32. The van der Waals surface area contributed by atoms with Gasteiger partial charge in [0.2, 0.25) is 0 Å². The zero-order valence-electron chi connectivity index (χ0n) is 7.26. The number of benzene rings is 1. The van der Waals surface area contributed by atoms with Crippen LogP contribution in [-0.2, 0) is 0 Å². The first-order chi connectivity index (χ1) is 6.16. The maximum atomic E-state index is 9.40. The van der Waals surface area contributed by atoms with Gasteiger partial charge in [0.1, 0.15) is 5.75 Å². The highest BCUT2D eigenvalue weighted by molar-refractivity contribution is 9.10. The van der Waals surface area contributed by atoms with Crippen LogP contribution in [0.3, 0.4) is 0 Å². The van der Waals surface area contributed by atoms with Gasteiger partial charge in [0.05, 0.1) is 4.47 Å². The van der Waals surface area contributed by atoms with Gasteiger partial charge in [0.15, 0.2) is 0 Å². The standard InChI is InChI=1S/C10H12BrNO/c1-7(5-6-12)8-3-2-4-9(13)10(8)11/h2-4,13H,1,5-6,12H2. The van der Waals surface area contributed by atoms with Gasteiger partial charge in [-0.3, -0.25) is 0 Å². The monoisotopic (exact) mass is 241 g/mol. The molecule has 0 saturated carbocycles. The highest BCUT2D eigenvalue weighted by Gasteiger charge is 2.06. The average Bonchev–Trinajstić information content (AvgIpc) is 2.10. The molecule has 0 radical (unpaired) electrons. The summed E-state index contributed by atoms with van der Waals surface area (Å²) in [5.74, 6) is 0.232. The molecule has 2 nitrogen and oxygen atoms in total. The van der Waals surface area contributed by atoms with E-state index in [4.69, 9.17) is 5.73 Å². The van der Waals surface area contributed by atoms with E-state index in [1.165, 1.54) is 0 Å². The SMILES string of the molecule is C=C(CCN)c1cccc(O)c1Br. The summed E-state index contributed by atoms with van der Waals surface area (Å²) < 4.78 is 0.688. The fourth-order valence-electron chi connectivity index (χ4n) is 1.10. The molecule has 0 spiro atoms. The summed E-state index contributed by atoms with van der Waals surface area (Å²) >= 11 is 3.30. The van der Waals surface area contributed by atoms with E-state index in [9.17, 15) is 5.11 Å². The van der Waals surface area contributed by atoms with Crippen molar-refractivity contribution in [1.29, 1.82) is 0 Å². The van der Waals surface area contributed by atoms with Crippen LogP contribution in [0, 0.1) is 0 Å². The largest absolute Gasteiger partial charge is 0.507 e. The van der Waals surface area contributed by atoms with Crippen molar-refractivity contribution in [2.24, 2.45) is 5.73 Å². The highest BCUT2D eigenvalue weighted by atomic mass is 79.9. The summed E-state index contributed by atoms with van der Waals surface area (Å²) in [4.78, 5) is 0. The Morgan fingerprint density at radius 2 is 2.23 bits per heavy atom. The van der Waals surface area contributed by atoms with E-state index in [2.05, 4.69) is 22.5 Å². The Labute approximate surface area is 86.2 Å². The van der Waals surface area contributed by atoms with Crippen LogP contribution in [0.15, 0.2) is 29.3 Å². The molecule has 0 saturated heterocycles. The number of hydrogen-bond acceptors (Lipinski definition) is 2. The van der Waals surface area contributed by atoms with Crippen molar-refractivity contribution in [2.75, 3.05) is 6.54 Å². The molecular weight excluding hydrogens is 230 g/mol. The Morgan fingerprint density at radius 3 is 2.85 bits per heavy atom. The number of halogens is 1. The predicted octanol–water partition coefficient (Wildman–Crippen LogP) is 2.52. The second-order valence-electron chi connectivity index (χ2n) is 2.78. The molecule has 0 aliphatic rings. The molecule has 0 atom stereocenters. The van der Waals surface area contributed by atoms with E-state index in [-0.39, 0.29) is 5.75 Å². The summed E-state index contributed by atoms with van der Waals surface area (Å²) in [7, 11) is 0. The minimum Gasteiger partial charge on any atom is -0.507 e. The van der Waals surface area contributed by atoms with Crippen molar-refractivity contribution in [3.05, 3.63) is 34.8 Å². The van der Waals surface area contributed by atoms with E-state index in [0.717, 1.165) is 17.6 Å². The van der Waals surface area contributed by atoms with Gasteiger partial charge >= 0.3 is 0 Å². The molecule has 70 valence electrons. The molecule has 0 fully saturated rings. The first-order valence-electron chi connectivity index (χ1n) is 4.02. The van der Waals surface area contributed by atoms with Gasteiger partial charge in [0, 0.05) is 0 Å². The van der Waals surface area contributed by atoms with Crippen molar-refractivity contribution in [2.45, 2.75) is 6.42 Å². The molecule has 0 aromatic heterocycles. The molecule has 0 amide bonds. The van der Waals surface area contributed by atoms with Crippen LogP contribution < -0.4 is 5.73 Å². The van der Waals surface area contributed by atoms with Gasteiger partial charge in [-0.15, -0.1) is 0 Å². The lowest BCUT2D eigenvalue weighted by Crippen LogP contribution is -1.99. The maximum Gasteiger partial charge on any atom is 0.130 e. The predicted molar refractivity (Wildman–Crippen MR) is 58.5 cm³/mol. The first kappa shape index (κ1) is 10.3. The van der Waals surface area contributed by atoms with Gasteiger partial charge in [-0.25, -0.2) is 0 Å². The molecule has 0 heterocycles. The van der Waals surface area contributed by atoms with Crippen molar-refractivity contribution >= 4 is 21.5 Å². The topological polar surface area (TPSA) is 46.2 Å². The van der Waals surface area contributed by atoms with Crippen LogP contribution in [0.5, 0.6) is 5.75 Å². The lowest BCUT2D eigenvalue weighted by molar-refractivity contribution is 0.471. The van der Waals surface area contributed by atoms with Gasteiger partial charge in [-0.05, 0) is 46.1 Å². The first-order valence-corrected chi connectivity index (χ1v) is 4.81. The highest BCUT2D eigenvalue weighted by Crippen LogP contribution is 2.32. The minimum atomic E-state index is 0.232. The van der Waals surface area contributed by atoms with Gasteiger partial charge in [-0.2, -0.15) is 0 Å². The fourth-order valence-corrected chi connectivity index (χ4v) is 1.65. The maximum absolute atomic E-state index is 9.40. The van der Waals surface area contributed by atoms with Crippen LogP contribution in [-0.4, -0.2) is 11.7 Å². The van der Waals surface area contributed by atoms with Crippen LogP contribution in [0.2, 0.25) is 0 Å². The molecule has 0 aliphatic carbocycles. The van der Waals surface area contributed by atoms with Gasteiger partial charge in [-0.1, -0.05) is 18.7 Å². The van der Waals surface area contributed by atoms with Crippen molar-refractivity contribution < 1.29 is 5.11 Å². The molecule has 3 N–H and O–H groups in total. The van der Waals surface area contributed by atoms with E-state index < -0.39 is 0 Å². The molecule has 13 heavy (non-hydrogen) atoms. The lowest BCUT2D eigenvalue weighted by atomic mass is 10.0. The Morgan fingerprint density at radius 1 is 1.54 bits per heavy atom. The van der Waals surface area contributed by atoms with Crippen molar-refractivity contribution in [3.8, 4) is 5.75 Å². The smallest absolute Gasteiger partial charge is 0.130 e. The second kappa shape index (κ2) is 4.44. The number of phenolic OH excluding ortho intramolecular Hbond substituents is 1. The minimum absolute atomic E-state index is 0.232. The second-order valence-corrected chi connectivity index (χ2v) is 3.57. The third-order valence-corrected chi connectivity index (χ3v) is 2.64. The fraction of sp³-hybridized carbons (Fsp3) is 0.200. The van der Waals surface area contributed by atoms with E-state index in [1.807, 2.05) is 6.07 Å². The van der Waals surface area contributed by atoms with E-state index in [1.54, 1.807) is 12.1 Å². The molecule has 0 aliphatic heterocycles. The number of rotatable bonds is 3. The molecule has 1 aromatic rings. The quantitative estimate of drug-likeness (QED) is 0.855. The Bertz CT molecular complexity index is 323. The normalized spacial score (nSPS) is 10.0. The average molecular weight is 242 g/mol. The third-order valence-electron chi connectivity index (χ3n) is 1.81. The van der Waals surface area contributed by atoms with E-state index >= 15 is 0 Å². The molecular formula is C10H12BrNO. The van der Waals surface area contributed by atoms with Gasteiger partial charge in [0.25, 0.3) is 0 Å². The molecule has 1 rings (SSSR count). The molecule has 0 unspecified atom stereocenters. The van der Waals surface area contributed by atoms with E-state index in [0.29, 0.717) is 11.0 Å². The van der Waals surface area contributed by atoms with Crippen LogP contribution in [0.1, 0.15) is 12.0 Å². The number of nitrogens with two attached hydrogens (primary N) is 1. The Kier molecular flexibility index (Phi) is 3.51. The molecule has 3 heteroatoms. The van der Waals surface area contributed by atoms with Crippen LogP contribution >= 0.6 is 15.9 Å². The Hall–Kier alpha value is -0.800. The summed E-state index contributed by atoms with van der Waals surface area (Å²) in [5, 5.41) is 9.40. The van der Waals surface area contributed by atoms with Crippen molar-refractivity contribution in [1.82, 2.24) is 0 Å². The zero-order chi connectivity index (χ0) is 9.84. The van der Waals surface area contributed by atoms with Crippen molar-refractivity contribution in [3.63, 3.8) is 0 Å². The molecule has 0 bridgehead atoms. The zero-order valence-corrected chi connectivity index (χ0v) is 8.84. The van der Waals surface area contributed by atoms with Crippen LogP contribution in [0.4, 0.5) is 0 Å². The number of aromatic hydroxyl groups is 1. The number of hydrogen-bond donors (Lipinski definition) is 2. The summed E-state index contributed by atoms with van der Waals surface area (Å²) in [6.07, 6.45) is 0.738. The number of phenols is 1. The third kappa shape index (κ3) is 2.32. The summed E-state index contributed by atoms with van der Waals surface area (Å²) in [6.45, 7) is 4.47.